The van der Waals surface area contributed by atoms with Crippen LogP contribution in [0.3, 0.4) is 0 Å². The lowest BCUT2D eigenvalue weighted by Gasteiger charge is -2.44. The molecule has 1 rings (SSSR count). The Bertz CT molecular complexity index is 299. The third kappa shape index (κ3) is 3.78. The number of aldehydes is 1. The molecule has 1 aliphatic heterocycles. The monoisotopic (exact) mass is 243 g/mol. The smallest absolute Gasteiger partial charge is 0.249 e. The minimum atomic E-state index is -0.748. The van der Waals surface area contributed by atoms with Crippen LogP contribution in [0.2, 0.25) is 0 Å². The van der Waals surface area contributed by atoms with Crippen molar-refractivity contribution in [2.75, 3.05) is 13.2 Å². The van der Waals surface area contributed by atoms with Crippen molar-refractivity contribution >= 4 is 12.2 Å². The standard InChI is InChI=1S/C12H21NO4/c1-11(2)8-16-12(3,4)17-9(11)10(15)13-6-5-7-14/h7,9H,5-6,8H2,1-4H3,(H,13,15). The summed E-state index contributed by atoms with van der Waals surface area (Å²) in [5.74, 6) is -0.935. The van der Waals surface area contributed by atoms with E-state index in [-0.39, 0.29) is 11.3 Å². The number of rotatable bonds is 4. The highest BCUT2D eigenvalue weighted by Gasteiger charge is 2.45. The van der Waals surface area contributed by atoms with Crippen molar-refractivity contribution in [2.24, 2.45) is 5.41 Å². The molecule has 5 nitrogen and oxygen atoms in total. The number of hydrogen-bond acceptors (Lipinski definition) is 4. The summed E-state index contributed by atoms with van der Waals surface area (Å²) >= 11 is 0. The highest BCUT2D eigenvalue weighted by atomic mass is 16.7. The predicted molar refractivity (Wildman–Crippen MR) is 62.4 cm³/mol. The molecule has 1 N–H and O–H groups in total. The molecule has 1 heterocycles. The van der Waals surface area contributed by atoms with Crippen molar-refractivity contribution in [3.05, 3.63) is 0 Å². The van der Waals surface area contributed by atoms with Crippen LogP contribution < -0.4 is 5.32 Å². The average molecular weight is 243 g/mol. The van der Waals surface area contributed by atoms with Crippen molar-refractivity contribution < 1.29 is 19.1 Å². The maximum atomic E-state index is 12.0. The average Bonchev–Trinajstić information content (AvgIpc) is 2.22. The largest absolute Gasteiger partial charge is 0.353 e. The van der Waals surface area contributed by atoms with Crippen LogP contribution >= 0.6 is 0 Å². The molecule has 1 atom stereocenters. The van der Waals surface area contributed by atoms with Crippen LogP contribution in [-0.2, 0) is 19.1 Å². The van der Waals surface area contributed by atoms with Crippen LogP contribution in [-0.4, -0.2) is 37.2 Å². The summed E-state index contributed by atoms with van der Waals surface area (Å²) in [6.45, 7) is 8.23. The molecular weight excluding hydrogens is 222 g/mol. The number of carbonyl (C=O) groups is 2. The third-order valence-corrected chi connectivity index (χ3v) is 2.70. The zero-order valence-electron chi connectivity index (χ0n) is 10.9. The second kappa shape index (κ2) is 5.14. The molecule has 17 heavy (non-hydrogen) atoms. The lowest BCUT2D eigenvalue weighted by atomic mass is 9.85. The summed E-state index contributed by atoms with van der Waals surface area (Å²) in [5.41, 5.74) is -0.374. The molecule has 0 spiro atoms. The van der Waals surface area contributed by atoms with E-state index in [9.17, 15) is 9.59 Å². The molecule has 98 valence electrons. The molecule has 1 unspecified atom stereocenters. The van der Waals surface area contributed by atoms with Gasteiger partial charge in [-0.15, -0.1) is 0 Å². The normalized spacial score (nSPS) is 26.2. The Morgan fingerprint density at radius 3 is 2.65 bits per heavy atom. The van der Waals surface area contributed by atoms with Gasteiger partial charge in [0.25, 0.3) is 0 Å². The van der Waals surface area contributed by atoms with Gasteiger partial charge in [0.05, 0.1) is 6.61 Å². The zero-order chi connectivity index (χ0) is 13.1. The van der Waals surface area contributed by atoms with Gasteiger partial charge in [0, 0.05) is 18.4 Å². The molecule has 1 aliphatic rings. The minimum absolute atomic E-state index is 0.187. The Morgan fingerprint density at radius 1 is 1.41 bits per heavy atom. The maximum Gasteiger partial charge on any atom is 0.249 e. The quantitative estimate of drug-likeness (QED) is 0.588. The van der Waals surface area contributed by atoms with Gasteiger partial charge in [-0.05, 0) is 13.8 Å². The molecular formula is C12H21NO4. The van der Waals surface area contributed by atoms with Gasteiger partial charge in [0.2, 0.25) is 5.91 Å². The zero-order valence-corrected chi connectivity index (χ0v) is 10.9. The van der Waals surface area contributed by atoms with Gasteiger partial charge in [-0.3, -0.25) is 4.79 Å². The molecule has 0 aromatic heterocycles. The fourth-order valence-electron chi connectivity index (χ4n) is 1.67. The minimum Gasteiger partial charge on any atom is -0.353 e. The predicted octanol–water partition coefficient (Wildman–Crippen LogP) is 0.869. The number of carbonyl (C=O) groups excluding carboxylic acids is 2. The molecule has 0 radical (unpaired) electrons. The van der Waals surface area contributed by atoms with Crippen molar-refractivity contribution in [1.82, 2.24) is 5.32 Å². The Hall–Kier alpha value is -0.940. The lowest BCUT2D eigenvalue weighted by Crippen LogP contribution is -2.56. The van der Waals surface area contributed by atoms with Gasteiger partial charge in [0.15, 0.2) is 5.79 Å². The van der Waals surface area contributed by atoms with E-state index < -0.39 is 11.9 Å². The Morgan fingerprint density at radius 2 is 2.06 bits per heavy atom. The fraction of sp³-hybridized carbons (Fsp3) is 0.833. The molecule has 0 aromatic rings. The summed E-state index contributed by atoms with van der Waals surface area (Å²) in [4.78, 5) is 22.2. The van der Waals surface area contributed by atoms with Crippen LogP contribution in [0.5, 0.6) is 0 Å². The first-order valence-corrected chi connectivity index (χ1v) is 5.82. The summed E-state index contributed by atoms with van der Waals surface area (Å²) in [6, 6.07) is 0. The fourth-order valence-corrected chi connectivity index (χ4v) is 1.67. The van der Waals surface area contributed by atoms with E-state index in [2.05, 4.69) is 5.32 Å². The van der Waals surface area contributed by atoms with Gasteiger partial charge in [-0.25, -0.2) is 0 Å². The van der Waals surface area contributed by atoms with Crippen molar-refractivity contribution in [1.29, 1.82) is 0 Å². The van der Waals surface area contributed by atoms with Crippen molar-refractivity contribution in [3.8, 4) is 0 Å². The number of nitrogens with one attached hydrogen (secondary N) is 1. The highest BCUT2D eigenvalue weighted by molar-refractivity contribution is 5.82. The lowest BCUT2D eigenvalue weighted by molar-refractivity contribution is -0.304. The van der Waals surface area contributed by atoms with E-state index in [4.69, 9.17) is 9.47 Å². The van der Waals surface area contributed by atoms with Gasteiger partial charge in [0.1, 0.15) is 12.4 Å². The van der Waals surface area contributed by atoms with Crippen LogP contribution in [0.4, 0.5) is 0 Å². The van der Waals surface area contributed by atoms with E-state index >= 15 is 0 Å². The summed E-state index contributed by atoms with van der Waals surface area (Å²) < 4.78 is 11.2. The van der Waals surface area contributed by atoms with Crippen LogP contribution in [0.25, 0.3) is 0 Å². The van der Waals surface area contributed by atoms with Gasteiger partial charge in [-0.1, -0.05) is 13.8 Å². The second-order valence-electron chi connectivity index (χ2n) is 5.42. The maximum absolute atomic E-state index is 12.0. The number of ether oxygens (including phenoxy) is 2. The first-order valence-electron chi connectivity index (χ1n) is 5.82. The SMILES string of the molecule is CC1(C)OCC(C)(C)C(C(=O)NCCC=O)O1. The third-order valence-electron chi connectivity index (χ3n) is 2.70. The van der Waals surface area contributed by atoms with Crippen LogP contribution in [0, 0.1) is 5.41 Å². The topological polar surface area (TPSA) is 64.6 Å². The van der Waals surface area contributed by atoms with Crippen molar-refractivity contribution in [3.63, 3.8) is 0 Å². The van der Waals surface area contributed by atoms with Gasteiger partial charge in [-0.2, -0.15) is 0 Å². The highest BCUT2D eigenvalue weighted by Crippen LogP contribution is 2.34. The van der Waals surface area contributed by atoms with E-state index in [1.54, 1.807) is 13.8 Å². The van der Waals surface area contributed by atoms with Crippen LogP contribution in [0.1, 0.15) is 34.1 Å². The molecule has 1 saturated heterocycles. The Kier molecular flexibility index (Phi) is 4.27. The number of amides is 1. The van der Waals surface area contributed by atoms with Crippen molar-refractivity contribution in [2.45, 2.75) is 46.0 Å². The van der Waals surface area contributed by atoms with E-state index in [1.165, 1.54) is 0 Å². The summed E-state index contributed by atoms with van der Waals surface area (Å²) in [7, 11) is 0. The summed E-state index contributed by atoms with van der Waals surface area (Å²) in [6.07, 6.45) is 0.539. The molecule has 0 bridgehead atoms. The molecule has 0 aliphatic carbocycles. The van der Waals surface area contributed by atoms with E-state index in [0.717, 1.165) is 6.29 Å². The Balaban J connectivity index is 2.64. The molecule has 0 aromatic carbocycles. The molecule has 1 amide bonds. The first-order chi connectivity index (χ1) is 7.78. The first kappa shape index (κ1) is 14.1. The summed E-state index contributed by atoms with van der Waals surface area (Å²) in [5, 5.41) is 2.70. The van der Waals surface area contributed by atoms with Crippen LogP contribution in [0.15, 0.2) is 0 Å². The van der Waals surface area contributed by atoms with E-state index in [1.807, 2.05) is 13.8 Å². The molecule has 1 fully saturated rings. The Labute approximate surface area is 102 Å². The van der Waals surface area contributed by atoms with E-state index in [0.29, 0.717) is 19.6 Å². The molecule has 5 heteroatoms. The van der Waals surface area contributed by atoms with Gasteiger partial charge >= 0.3 is 0 Å². The molecule has 0 saturated carbocycles. The number of hydrogen-bond donors (Lipinski definition) is 1. The van der Waals surface area contributed by atoms with Gasteiger partial charge < -0.3 is 19.6 Å². The second-order valence-corrected chi connectivity index (χ2v) is 5.42.